The topological polar surface area (TPSA) is 75.2 Å². The average molecular weight is 359 g/mol. The molecule has 1 atom stereocenters. The largest absolute Gasteiger partial charge is 0.312 e. The second kappa shape index (κ2) is 6.80. The molecule has 0 spiro atoms. The highest BCUT2D eigenvalue weighted by Gasteiger charge is 2.35. The Kier molecular flexibility index (Phi) is 4.72. The molecule has 7 heteroatoms. The van der Waals surface area contributed by atoms with Gasteiger partial charge >= 0.3 is 0 Å². The van der Waals surface area contributed by atoms with Crippen LogP contribution < -0.4 is 10.2 Å². The zero-order chi connectivity index (χ0) is 18.1. The van der Waals surface area contributed by atoms with Gasteiger partial charge in [-0.3, -0.25) is 14.9 Å². The first-order valence-electron chi connectivity index (χ1n) is 8.03. The molecule has 0 bridgehead atoms. The molecule has 2 heterocycles. The van der Waals surface area contributed by atoms with Gasteiger partial charge in [-0.25, -0.2) is 9.97 Å². The molecule has 1 saturated heterocycles. The molecule has 0 radical (unpaired) electrons. The van der Waals surface area contributed by atoms with Gasteiger partial charge in [0.1, 0.15) is 0 Å². The van der Waals surface area contributed by atoms with Crippen LogP contribution in [-0.4, -0.2) is 28.3 Å². The number of aryl methyl sites for hydroxylation is 3. The third-order valence-electron chi connectivity index (χ3n) is 4.18. The quantitative estimate of drug-likeness (QED) is 0.915. The summed E-state index contributed by atoms with van der Waals surface area (Å²) in [4.78, 5) is 34.8. The summed E-state index contributed by atoms with van der Waals surface area (Å²) in [6, 6.07) is 7.29. The van der Waals surface area contributed by atoms with Crippen molar-refractivity contribution in [2.45, 2.75) is 27.2 Å². The molecule has 0 aliphatic carbocycles. The Morgan fingerprint density at radius 3 is 2.52 bits per heavy atom. The Morgan fingerprint density at radius 2 is 1.88 bits per heavy atom. The number of carbonyl (C=O) groups excluding carboxylic acids is 2. The van der Waals surface area contributed by atoms with Gasteiger partial charge in [0.2, 0.25) is 17.8 Å². The lowest BCUT2D eigenvalue weighted by molar-refractivity contribution is -0.122. The number of nitrogens with one attached hydrogen (secondary N) is 1. The molecule has 130 valence electrons. The Bertz CT molecular complexity index is 833. The lowest BCUT2D eigenvalue weighted by Crippen LogP contribution is -2.28. The molecular formula is C18H19ClN4O2. The van der Waals surface area contributed by atoms with E-state index in [0.717, 1.165) is 17.0 Å². The van der Waals surface area contributed by atoms with E-state index in [2.05, 4.69) is 15.3 Å². The Labute approximate surface area is 151 Å². The predicted molar refractivity (Wildman–Crippen MR) is 96.8 cm³/mol. The van der Waals surface area contributed by atoms with Crippen molar-refractivity contribution in [2.24, 2.45) is 5.92 Å². The molecule has 6 nitrogen and oxygen atoms in total. The van der Waals surface area contributed by atoms with Gasteiger partial charge in [-0.1, -0.05) is 17.7 Å². The number of rotatable bonds is 3. The van der Waals surface area contributed by atoms with E-state index < -0.39 is 5.92 Å². The maximum Gasteiger partial charge on any atom is 0.232 e. The van der Waals surface area contributed by atoms with E-state index in [1.165, 1.54) is 0 Å². The fourth-order valence-electron chi connectivity index (χ4n) is 2.88. The third kappa shape index (κ3) is 3.79. The Hall–Kier alpha value is -2.47. The highest BCUT2D eigenvalue weighted by Crippen LogP contribution is 2.29. The number of halogens is 1. The van der Waals surface area contributed by atoms with Gasteiger partial charge < -0.3 is 4.90 Å². The van der Waals surface area contributed by atoms with E-state index in [4.69, 9.17) is 11.6 Å². The second-order valence-corrected chi connectivity index (χ2v) is 6.71. The van der Waals surface area contributed by atoms with Crippen LogP contribution in [0, 0.1) is 26.7 Å². The molecule has 1 N–H and O–H groups in total. The van der Waals surface area contributed by atoms with Crippen LogP contribution in [0.3, 0.4) is 0 Å². The van der Waals surface area contributed by atoms with E-state index in [1.54, 1.807) is 11.0 Å². The predicted octanol–water partition coefficient (Wildman–Crippen LogP) is 3.05. The van der Waals surface area contributed by atoms with E-state index in [9.17, 15) is 9.59 Å². The van der Waals surface area contributed by atoms with Crippen molar-refractivity contribution in [3.05, 3.63) is 46.2 Å². The van der Waals surface area contributed by atoms with Gasteiger partial charge in [0, 0.05) is 35.1 Å². The smallest absolute Gasteiger partial charge is 0.232 e. The van der Waals surface area contributed by atoms with Crippen molar-refractivity contribution in [1.82, 2.24) is 9.97 Å². The number of benzene rings is 1. The number of aromatic nitrogens is 2. The molecule has 2 amide bonds. The average Bonchev–Trinajstić information content (AvgIpc) is 2.91. The van der Waals surface area contributed by atoms with Crippen LogP contribution >= 0.6 is 11.6 Å². The van der Waals surface area contributed by atoms with E-state index in [-0.39, 0.29) is 24.2 Å². The van der Waals surface area contributed by atoms with Crippen molar-refractivity contribution in [1.29, 1.82) is 0 Å². The number of carbonyl (C=O) groups is 2. The number of anilines is 2. The van der Waals surface area contributed by atoms with Crippen molar-refractivity contribution in [3.63, 3.8) is 0 Å². The first-order chi connectivity index (χ1) is 11.8. The van der Waals surface area contributed by atoms with Crippen molar-refractivity contribution in [3.8, 4) is 0 Å². The SMILES string of the molecule is Cc1cc(C)nc(NC(=O)[C@@H]2CC(=O)N(c3ccc(C)c(Cl)c3)C2)n1. The number of amides is 2. The lowest BCUT2D eigenvalue weighted by Gasteiger charge is -2.17. The molecule has 3 rings (SSSR count). The first kappa shape index (κ1) is 17.4. The van der Waals surface area contributed by atoms with Crippen LogP contribution in [0.15, 0.2) is 24.3 Å². The lowest BCUT2D eigenvalue weighted by atomic mass is 10.1. The normalized spacial score (nSPS) is 17.0. The standard InChI is InChI=1S/C18H19ClN4O2/c1-10-4-5-14(8-15(10)19)23-9-13(7-16(23)24)17(25)22-18-20-11(2)6-12(3)21-18/h4-6,8,13H,7,9H2,1-3H3,(H,20,21,22,25)/t13-/m1/s1. The summed E-state index contributed by atoms with van der Waals surface area (Å²) < 4.78 is 0. The highest BCUT2D eigenvalue weighted by molar-refractivity contribution is 6.31. The third-order valence-corrected chi connectivity index (χ3v) is 4.59. The van der Waals surface area contributed by atoms with Crippen LogP contribution in [0.4, 0.5) is 11.6 Å². The fraction of sp³-hybridized carbons (Fsp3) is 0.333. The number of hydrogen-bond donors (Lipinski definition) is 1. The minimum atomic E-state index is -0.447. The first-order valence-corrected chi connectivity index (χ1v) is 8.41. The fourth-order valence-corrected chi connectivity index (χ4v) is 3.05. The Morgan fingerprint density at radius 1 is 1.20 bits per heavy atom. The second-order valence-electron chi connectivity index (χ2n) is 6.30. The minimum absolute atomic E-state index is 0.0959. The molecule has 1 aromatic carbocycles. The monoisotopic (exact) mass is 358 g/mol. The molecule has 2 aromatic rings. The zero-order valence-electron chi connectivity index (χ0n) is 14.3. The Balaban J connectivity index is 1.73. The molecule has 0 unspecified atom stereocenters. The van der Waals surface area contributed by atoms with Crippen LogP contribution in [0.25, 0.3) is 0 Å². The maximum atomic E-state index is 12.5. The molecule has 1 fully saturated rings. The zero-order valence-corrected chi connectivity index (χ0v) is 15.1. The van der Waals surface area contributed by atoms with Crippen molar-refractivity contribution < 1.29 is 9.59 Å². The van der Waals surface area contributed by atoms with Crippen molar-refractivity contribution >= 4 is 35.1 Å². The van der Waals surface area contributed by atoms with Gasteiger partial charge in [0.15, 0.2) is 0 Å². The van der Waals surface area contributed by atoms with Crippen molar-refractivity contribution in [2.75, 3.05) is 16.8 Å². The summed E-state index contributed by atoms with van der Waals surface area (Å²) in [5, 5.41) is 3.31. The minimum Gasteiger partial charge on any atom is -0.312 e. The summed E-state index contributed by atoms with van der Waals surface area (Å²) in [6.45, 7) is 5.89. The molecule has 1 aromatic heterocycles. The maximum absolute atomic E-state index is 12.5. The summed E-state index contributed by atoms with van der Waals surface area (Å²) in [6.07, 6.45) is 0.155. The van der Waals surface area contributed by atoms with E-state index in [1.807, 2.05) is 39.0 Å². The van der Waals surface area contributed by atoms with Gasteiger partial charge in [-0.15, -0.1) is 0 Å². The summed E-state index contributed by atoms with van der Waals surface area (Å²) in [5.74, 6) is -0.524. The van der Waals surface area contributed by atoms with Gasteiger partial charge in [0.25, 0.3) is 0 Å². The van der Waals surface area contributed by atoms with Gasteiger partial charge in [-0.05, 0) is 44.5 Å². The summed E-state index contributed by atoms with van der Waals surface area (Å²) in [7, 11) is 0. The van der Waals surface area contributed by atoms with E-state index >= 15 is 0 Å². The van der Waals surface area contributed by atoms with Gasteiger partial charge in [0.05, 0.1) is 5.92 Å². The molecular weight excluding hydrogens is 340 g/mol. The van der Waals surface area contributed by atoms with E-state index in [0.29, 0.717) is 17.3 Å². The molecule has 25 heavy (non-hydrogen) atoms. The number of hydrogen-bond acceptors (Lipinski definition) is 4. The molecule has 1 aliphatic rings. The number of nitrogens with zero attached hydrogens (tertiary/aromatic N) is 3. The van der Waals surface area contributed by atoms with Crippen LogP contribution in [0.2, 0.25) is 5.02 Å². The summed E-state index contributed by atoms with van der Waals surface area (Å²) in [5.41, 5.74) is 3.21. The molecule has 0 saturated carbocycles. The molecule has 1 aliphatic heterocycles. The van der Waals surface area contributed by atoms with Crippen LogP contribution in [0.1, 0.15) is 23.4 Å². The van der Waals surface area contributed by atoms with Crippen LogP contribution in [-0.2, 0) is 9.59 Å². The summed E-state index contributed by atoms with van der Waals surface area (Å²) >= 11 is 6.14. The highest BCUT2D eigenvalue weighted by atomic mass is 35.5. The van der Waals surface area contributed by atoms with Crippen LogP contribution in [0.5, 0.6) is 0 Å². The van der Waals surface area contributed by atoms with Gasteiger partial charge in [-0.2, -0.15) is 0 Å².